The predicted molar refractivity (Wildman–Crippen MR) is 105 cm³/mol. The minimum atomic E-state index is 0.184. The SMILES string of the molecule is CCN(C(=O)CSc1nnc(COc2ccccc2Cl)n1C1CC1)C1CC1. The Hall–Kier alpha value is -1.73. The molecule has 6 nitrogen and oxygen atoms in total. The molecule has 1 aromatic carbocycles. The van der Waals surface area contributed by atoms with Gasteiger partial charge in [0.05, 0.1) is 10.8 Å². The van der Waals surface area contributed by atoms with E-state index >= 15 is 0 Å². The maximum Gasteiger partial charge on any atom is 0.233 e. The van der Waals surface area contributed by atoms with Crippen LogP contribution in [-0.4, -0.2) is 43.9 Å². The molecule has 0 saturated heterocycles. The maximum atomic E-state index is 12.5. The summed E-state index contributed by atoms with van der Waals surface area (Å²) < 4.78 is 7.96. The molecule has 2 aliphatic rings. The second-order valence-electron chi connectivity index (χ2n) is 6.92. The zero-order valence-electron chi connectivity index (χ0n) is 15.3. The number of aromatic nitrogens is 3. The molecule has 0 bridgehead atoms. The molecule has 8 heteroatoms. The van der Waals surface area contributed by atoms with Crippen molar-refractivity contribution in [3.63, 3.8) is 0 Å². The summed E-state index contributed by atoms with van der Waals surface area (Å²) >= 11 is 7.63. The lowest BCUT2D eigenvalue weighted by Gasteiger charge is -2.20. The van der Waals surface area contributed by atoms with Gasteiger partial charge < -0.3 is 9.64 Å². The van der Waals surface area contributed by atoms with Crippen LogP contribution < -0.4 is 4.74 Å². The Morgan fingerprint density at radius 1 is 1.30 bits per heavy atom. The second kappa shape index (κ2) is 8.10. The first-order chi connectivity index (χ1) is 13.2. The number of hydrogen-bond donors (Lipinski definition) is 0. The van der Waals surface area contributed by atoms with Gasteiger partial charge in [0.2, 0.25) is 5.91 Å². The molecule has 144 valence electrons. The summed E-state index contributed by atoms with van der Waals surface area (Å²) in [6, 6.07) is 8.26. The van der Waals surface area contributed by atoms with E-state index in [4.69, 9.17) is 16.3 Å². The number of amides is 1. The van der Waals surface area contributed by atoms with Crippen molar-refractivity contribution in [2.45, 2.75) is 56.5 Å². The fourth-order valence-electron chi connectivity index (χ4n) is 3.14. The number of carbonyl (C=O) groups excluding carboxylic acids is 1. The standard InChI is InChI=1S/C19H23ClN4O2S/c1-2-23(13-7-8-13)18(25)12-27-19-22-21-17(24(19)14-9-10-14)11-26-16-6-4-3-5-15(16)20/h3-6,13-14H,2,7-12H2,1H3. The molecule has 0 N–H and O–H groups in total. The minimum absolute atomic E-state index is 0.184. The number of hydrogen-bond acceptors (Lipinski definition) is 5. The minimum Gasteiger partial charge on any atom is -0.484 e. The van der Waals surface area contributed by atoms with E-state index in [1.807, 2.05) is 30.0 Å². The average Bonchev–Trinajstić information content (AvgIpc) is 3.60. The second-order valence-corrected chi connectivity index (χ2v) is 8.27. The van der Waals surface area contributed by atoms with Crippen LogP contribution in [0.3, 0.4) is 0 Å². The topological polar surface area (TPSA) is 60.3 Å². The number of benzene rings is 1. The Balaban J connectivity index is 1.41. The van der Waals surface area contributed by atoms with Crippen LogP contribution in [0, 0.1) is 0 Å². The molecule has 2 fully saturated rings. The van der Waals surface area contributed by atoms with E-state index in [0.29, 0.717) is 35.2 Å². The van der Waals surface area contributed by atoms with Crippen LogP contribution in [0.2, 0.25) is 5.02 Å². The van der Waals surface area contributed by atoms with E-state index < -0.39 is 0 Å². The van der Waals surface area contributed by atoms with E-state index in [0.717, 1.165) is 43.2 Å². The number of nitrogens with zero attached hydrogens (tertiary/aromatic N) is 4. The number of halogens is 1. The highest BCUT2D eigenvalue weighted by Crippen LogP contribution is 2.39. The molecule has 27 heavy (non-hydrogen) atoms. The van der Waals surface area contributed by atoms with Gasteiger partial charge in [0.25, 0.3) is 0 Å². The molecule has 0 unspecified atom stereocenters. The van der Waals surface area contributed by atoms with E-state index in [1.165, 1.54) is 11.8 Å². The molecular weight excluding hydrogens is 384 g/mol. The van der Waals surface area contributed by atoms with E-state index in [-0.39, 0.29) is 5.91 Å². The van der Waals surface area contributed by atoms with Gasteiger partial charge in [-0.25, -0.2) is 0 Å². The van der Waals surface area contributed by atoms with Crippen molar-refractivity contribution in [3.05, 3.63) is 35.1 Å². The molecule has 0 radical (unpaired) electrons. The van der Waals surface area contributed by atoms with E-state index in [2.05, 4.69) is 14.8 Å². The molecule has 0 atom stereocenters. The van der Waals surface area contributed by atoms with Crippen molar-refractivity contribution in [1.29, 1.82) is 0 Å². The first kappa shape index (κ1) is 18.6. The van der Waals surface area contributed by atoms with Crippen LogP contribution in [0.1, 0.15) is 44.5 Å². The van der Waals surface area contributed by atoms with Gasteiger partial charge in [-0.15, -0.1) is 10.2 Å². The zero-order valence-corrected chi connectivity index (χ0v) is 16.9. The lowest BCUT2D eigenvalue weighted by molar-refractivity contribution is -0.128. The molecule has 1 heterocycles. The molecular formula is C19H23ClN4O2S. The number of rotatable bonds is 9. The Labute approximate surface area is 168 Å². The van der Waals surface area contributed by atoms with Gasteiger partial charge >= 0.3 is 0 Å². The van der Waals surface area contributed by atoms with Crippen molar-refractivity contribution in [2.75, 3.05) is 12.3 Å². The van der Waals surface area contributed by atoms with Crippen LogP contribution in [-0.2, 0) is 11.4 Å². The Kier molecular flexibility index (Phi) is 5.59. The van der Waals surface area contributed by atoms with Gasteiger partial charge in [0.1, 0.15) is 12.4 Å². The van der Waals surface area contributed by atoms with Crippen LogP contribution in [0.5, 0.6) is 5.75 Å². The highest BCUT2D eigenvalue weighted by Gasteiger charge is 2.33. The van der Waals surface area contributed by atoms with Gasteiger partial charge in [-0.3, -0.25) is 9.36 Å². The summed E-state index contributed by atoms with van der Waals surface area (Å²) in [5.74, 6) is 2.00. The van der Waals surface area contributed by atoms with Gasteiger partial charge in [-0.2, -0.15) is 0 Å². The maximum absolute atomic E-state index is 12.5. The van der Waals surface area contributed by atoms with Crippen molar-refractivity contribution in [3.8, 4) is 5.75 Å². The first-order valence-electron chi connectivity index (χ1n) is 9.40. The summed E-state index contributed by atoms with van der Waals surface area (Å²) in [4.78, 5) is 14.5. The number of para-hydroxylation sites is 1. The summed E-state index contributed by atoms with van der Waals surface area (Å²) in [5, 5.41) is 10.0. The summed E-state index contributed by atoms with van der Waals surface area (Å²) in [5.41, 5.74) is 0. The lowest BCUT2D eigenvalue weighted by atomic mass is 10.3. The first-order valence-corrected chi connectivity index (χ1v) is 10.8. The molecule has 0 spiro atoms. The number of thioether (sulfide) groups is 1. The molecule has 1 aromatic heterocycles. The molecule has 2 saturated carbocycles. The summed E-state index contributed by atoms with van der Waals surface area (Å²) in [6.45, 7) is 3.12. The average molecular weight is 407 g/mol. The quantitative estimate of drug-likeness (QED) is 0.590. The smallest absolute Gasteiger partial charge is 0.233 e. The van der Waals surface area contributed by atoms with Crippen molar-refractivity contribution < 1.29 is 9.53 Å². The third kappa shape index (κ3) is 4.41. The number of carbonyl (C=O) groups is 1. The number of ether oxygens (including phenoxy) is 1. The van der Waals surface area contributed by atoms with Crippen molar-refractivity contribution in [1.82, 2.24) is 19.7 Å². The van der Waals surface area contributed by atoms with Gasteiger partial charge in [-0.05, 0) is 44.7 Å². The monoisotopic (exact) mass is 406 g/mol. The van der Waals surface area contributed by atoms with Gasteiger partial charge in [0, 0.05) is 18.6 Å². The third-order valence-corrected chi connectivity index (χ3v) is 6.05. The van der Waals surface area contributed by atoms with Gasteiger partial charge in [0.15, 0.2) is 11.0 Å². The van der Waals surface area contributed by atoms with Crippen molar-refractivity contribution >= 4 is 29.3 Å². The fourth-order valence-corrected chi connectivity index (χ4v) is 4.24. The van der Waals surface area contributed by atoms with Crippen LogP contribution >= 0.6 is 23.4 Å². The predicted octanol–water partition coefficient (Wildman–Crippen LogP) is 3.95. The summed E-state index contributed by atoms with van der Waals surface area (Å²) in [7, 11) is 0. The third-order valence-electron chi connectivity index (χ3n) is 4.81. The van der Waals surface area contributed by atoms with Crippen LogP contribution in [0.4, 0.5) is 0 Å². The normalized spacial score (nSPS) is 16.4. The molecule has 4 rings (SSSR count). The molecule has 0 aliphatic heterocycles. The highest BCUT2D eigenvalue weighted by atomic mass is 35.5. The Bertz CT molecular complexity index is 820. The van der Waals surface area contributed by atoms with E-state index in [9.17, 15) is 4.79 Å². The van der Waals surface area contributed by atoms with Crippen LogP contribution in [0.15, 0.2) is 29.4 Å². The Morgan fingerprint density at radius 2 is 2.07 bits per heavy atom. The lowest BCUT2D eigenvalue weighted by Crippen LogP contribution is -2.34. The largest absolute Gasteiger partial charge is 0.484 e. The molecule has 1 amide bonds. The van der Waals surface area contributed by atoms with E-state index in [1.54, 1.807) is 6.07 Å². The van der Waals surface area contributed by atoms with Crippen LogP contribution in [0.25, 0.3) is 0 Å². The van der Waals surface area contributed by atoms with Gasteiger partial charge in [-0.1, -0.05) is 35.5 Å². The molecule has 2 aliphatic carbocycles. The fraction of sp³-hybridized carbons (Fsp3) is 0.526. The van der Waals surface area contributed by atoms with Crippen molar-refractivity contribution in [2.24, 2.45) is 0 Å². The highest BCUT2D eigenvalue weighted by molar-refractivity contribution is 7.99. The summed E-state index contributed by atoms with van der Waals surface area (Å²) in [6.07, 6.45) is 4.49. The Morgan fingerprint density at radius 3 is 2.74 bits per heavy atom. The zero-order chi connectivity index (χ0) is 18.8. The molecule has 2 aromatic rings.